The fourth-order valence-corrected chi connectivity index (χ4v) is 2.64. The Kier molecular flexibility index (Phi) is 6.50. The van der Waals surface area contributed by atoms with Crippen LogP contribution in [0.1, 0.15) is 45.2 Å². The van der Waals surface area contributed by atoms with Crippen LogP contribution >= 0.6 is 0 Å². The van der Waals surface area contributed by atoms with Gasteiger partial charge < -0.3 is 15.0 Å². The van der Waals surface area contributed by atoms with Crippen LogP contribution in [0.2, 0.25) is 0 Å². The Labute approximate surface area is 124 Å². The van der Waals surface area contributed by atoms with Gasteiger partial charge in [-0.05, 0) is 47.0 Å². The van der Waals surface area contributed by atoms with Crippen molar-refractivity contribution >= 4 is 0 Å². The average molecular weight is 278 g/mol. The molecule has 0 spiro atoms. The molecule has 0 aliphatic carbocycles. The molecule has 1 aromatic carbocycles. The molecule has 0 fully saturated rings. The predicted octanol–water partition coefficient (Wildman–Crippen LogP) is 3.47. The first kappa shape index (κ1) is 17.0. The Morgan fingerprint density at radius 3 is 2.40 bits per heavy atom. The molecule has 1 aromatic rings. The smallest absolute Gasteiger partial charge is 0.124 e. The van der Waals surface area contributed by atoms with Gasteiger partial charge in [-0.25, -0.2) is 0 Å². The van der Waals surface area contributed by atoms with E-state index in [1.807, 2.05) is 13.1 Å². The molecule has 1 N–H and O–H groups in total. The lowest BCUT2D eigenvalue weighted by atomic mass is 9.83. The number of para-hydroxylation sites is 1. The first-order chi connectivity index (χ1) is 9.51. The van der Waals surface area contributed by atoms with E-state index in [4.69, 9.17) is 4.74 Å². The molecule has 0 amide bonds. The van der Waals surface area contributed by atoms with Crippen LogP contribution in [0.4, 0.5) is 0 Å². The summed E-state index contributed by atoms with van der Waals surface area (Å²) in [5.41, 5.74) is 1.28. The van der Waals surface area contributed by atoms with Gasteiger partial charge in [0.2, 0.25) is 0 Å². The lowest BCUT2D eigenvalue weighted by Crippen LogP contribution is -2.50. The van der Waals surface area contributed by atoms with E-state index in [2.05, 4.69) is 63.3 Å². The van der Waals surface area contributed by atoms with E-state index >= 15 is 0 Å². The van der Waals surface area contributed by atoms with Gasteiger partial charge in [-0.3, -0.25) is 0 Å². The Balaban J connectivity index is 3.17. The Morgan fingerprint density at radius 2 is 1.90 bits per heavy atom. The molecule has 114 valence electrons. The molecule has 3 nitrogen and oxygen atoms in total. The molecule has 0 aliphatic heterocycles. The molecule has 20 heavy (non-hydrogen) atoms. The molecule has 0 bridgehead atoms. The molecule has 1 rings (SSSR count). The maximum atomic E-state index is 5.93. The molecule has 0 radical (unpaired) electrons. The summed E-state index contributed by atoms with van der Waals surface area (Å²) in [7, 11) is 6.31. The van der Waals surface area contributed by atoms with Gasteiger partial charge in [0.05, 0.1) is 12.6 Å². The lowest BCUT2D eigenvalue weighted by molar-refractivity contribution is 0.115. The largest absolute Gasteiger partial charge is 0.493 e. The third-order valence-electron chi connectivity index (χ3n) is 4.34. The monoisotopic (exact) mass is 278 g/mol. The second-order valence-corrected chi connectivity index (χ2v) is 5.71. The van der Waals surface area contributed by atoms with E-state index < -0.39 is 0 Å². The molecule has 0 aromatic heterocycles. The average Bonchev–Trinajstić information content (AvgIpc) is 2.46. The highest BCUT2D eigenvalue weighted by Crippen LogP contribution is 2.36. The highest BCUT2D eigenvalue weighted by Gasteiger charge is 2.36. The first-order valence-electron chi connectivity index (χ1n) is 7.57. The van der Waals surface area contributed by atoms with E-state index in [0.717, 1.165) is 25.2 Å². The first-order valence-corrected chi connectivity index (χ1v) is 7.57. The van der Waals surface area contributed by atoms with Crippen molar-refractivity contribution in [3.63, 3.8) is 0 Å². The van der Waals surface area contributed by atoms with E-state index in [0.29, 0.717) is 0 Å². The van der Waals surface area contributed by atoms with Gasteiger partial charge in [-0.2, -0.15) is 0 Å². The van der Waals surface area contributed by atoms with Gasteiger partial charge in [0, 0.05) is 11.1 Å². The minimum Gasteiger partial charge on any atom is -0.493 e. The SMILES string of the molecule is CCCOc1ccccc1C(NC)C(C)(CC)N(C)C. The minimum atomic E-state index is 0.0421. The highest BCUT2D eigenvalue weighted by molar-refractivity contribution is 5.38. The van der Waals surface area contributed by atoms with Crippen molar-refractivity contribution in [1.82, 2.24) is 10.2 Å². The second kappa shape index (κ2) is 7.65. The maximum Gasteiger partial charge on any atom is 0.124 e. The summed E-state index contributed by atoms with van der Waals surface area (Å²) in [5, 5.41) is 3.49. The molecule has 0 saturated carbocycles. The Morgan fingerprint density at radius 1 is 1.25 bits per heavy atom. The zero-order valence-electron chi connectivity index (χ0n) is 13.9. The Bertz CT molecular complexity index is 406. The van der Waals surface area contributed by atoms with Crippen molar-refractivity contribution < 1.29 is 4.74 Å². The third kappa shape index (κ3) is 3.53. The van der Waals surface area contributed by atoms with Gasteiger partial charge in [-0.1, -0.05) is 32.0 Å². The standard InChI is InChI=1S/C17H30N2O/c1-7-13-20-15-12-10-9-11-14(15)16(18-4)17(3,8-2)19(5)6/h9-12,16,18H,7-8,13H2,1-6H3. The normalized spacial score (nSPS) is 15.9. The number of ether oxygens (including phenoxy) is 1. The molecule has 0 saturated heterocycles. The number of likely N-dealkylation sites (N-methyl/N-ethyl adjacent to an activating group) is 2. The van der Waals surface area contributed by atoms with Crippen LogP contribution in [-0.4, -0.2) is 38.2 Å². The summed E-state index contributed by atoms with van der Waals surface area (Å²) in [5.74, 6) is 0.996. The van der Waals surface area contributed by atoms with Crippen molar-refractivity contribution in [2.45, 2.75) is 45.2 Å². The number of hydrogen-bond acceptors (Lipinski definition) is 3. The van der Waals surface area contributed by atoms with E-state index in [-0.39, 0.29) is 11.6 Å². The van der Waals surface area contributed by atoms with Crippen molar-refractivity contribution in [2.24, 2.45) is 0 Å². The van der Waals surface area contributed by atoms with Crippen molar-refractivity contribution in [1.29, 1.82) is 0 Å². The molecule has 0 heterocycles. The zero-order chi connectivity index (χ0) is 15.2. The van der Waals surface area contributed by atoms with Crippen LogP contribution in [0.15, 0.2) is 24.3 Å². The van der Waals surface area contributed by atoms with Crippen LogP contribution in [0.5, 0.6) is 5.75 Å². The second-order valence-electron chi connectivity index (χ2n) is 5.71. The van der Waals surface area contributed by atoms with Crippen LogP contribution in [0.3, 0.4) is 0 Å². The molecule has 2 unspecified atom stereocenters. The van der Waals surface area contributed by atoms with Crippen LogP contribution in [-0.2, 0) is 0 Å². The van der Waals surface area contributed by atoms with Crippen molar-refractivity contribution in [3.05, 3.63) is 29.8 Å². The molecule has 2 atom stereocenters. The van der Waals surface area contributed by atoms with Gasteiger partial charge in [-0.15, -0.1) is 0 Å². The summed E-state index contributed by atoms with van der Waals surface area (Å²) in [6.45, 7) is 7.43. The Hall–Kier alpha value is -1.06. The molecular formula is C17H30N2O. The predicted molar refractivity (Wildman–Crippen MR) is 86.4 cm³/mol. The van der Waals surface area contributed by atoms with Crippen LogP contribution in [0.25, 0.3) is 0 Å². The van der Waals surface area contributed by atoms with Crippen LogP contribution in [0, 0.1) is 0 Å². The molecule has 3 heteroatoms. The molecule has 0 aliphatic rings. The summed E-state index contributed by atoms with van der Waals surface area (Å²) < 4.78 is 5.93. The van der Waals surface area contributed by atoms with Crippen molar-refractivity contribution in [3.8, 4) is 5.75 Å². The van der Waals surface area contributed by atoms with E-state index in [1.165, 1.54) is 5.56 Å². The lowest BCUT2D eigenvalue weighted by Gasteiger charge is -2.43. The highest BCUT2D eigenvalue weighted by atomic mass is 16.5. The topological polar surface area (TPSA) is 24.5 Å². The van der Waals surface area contributed by atoms with Gasteiger partial charge in [0.15, 0.2) is 0 Å². The van der Waals surface area contributed by atoms with Gasteiger partial charge in [0.1, 0.15) is 5.75 Å². The van der Waals surface area contributed by atoms with Crippen LogP contribution < -0.4 is 10.1 Å². The quantitative estimate of drug-likeness (QED) is 0.788. The van der Waals surface area contributed by atoms with E-state index in [9.17, 15) is 0 Å². The van der Waals surface area contributed by atoms with Crippen molar-refractivity contribution in [2.75, 3.05) is 27.7 Å². The summed E-state index contributed by atoms with van der Waals surface area (Å²) in [6, 6.07) is 8.60. The molecular weight excluding hydrogens is 248 g/mol. The van der Waals surface area contributed by atoms with Gasteiger partial charge in [0.25, 0.3) is 0 Å². The fourth-order valence-electron chi connectivity index (χ4n) is 2.64. The third-order valence-corrected chi connectivity index (χ3v) is 4.34. The maximum absolute atomic E-state index is 5.93. The van der Waals surface area contributed by atoms with Gasteiger partial charge >= 0.3 is 0 Å². The fraction of sp³-hybridized carbons (Fsp3) is 0.647. The number of nitrogens with one attached hydrogen (secondary N) is 1. The number of nitrogens with zero attached hydrogens (tertiary/aromatic N) is 1. The zero-order valence-corrected chi connectivity index (χ0v) is 13.9. The number of benzene rings is 1. The van der Waals surface area contributed by atoms with E-state index in [1.54, 1.807) is 0 Å². The summed E-state index contributed by atoms with van der Waals surface area (Å²) in [6.07, 6.45) is 2.09. The minimum absolute atomic E-state index is 0.0421. The summed E-state index contributed by atoms with van der Waals surface area (Å²) in [4.78, 5) is 2.30. The number of hydrogen-bond donors (Lipinski definition) is 1. The summed E-state index contributed by atoms with van der Waals surface area (Å²) >= 11 is 0. The number of rotatable bonds is 8.